The third-order valence-corrected chi connectivity index (χ3v) is 9.86. The summed E-state index contributed by atoms with van der Waals surface area (Å²) >= 11 is 1.69. The molecule has 2 fully saturated rings. The number of nitrogens with one attached hydrogen (secondary N) is 1. The molecule has 0 bridgehead atoms. The third kappa shape index (κ3) is 7.60. The van der Waals surface area contributed by atoms with E-state index >= 15 is 0 Å². The van der Waals surface area contributed by atoms with Crippen LogP contribution < -0.4 is 10.1 Å². The number of carbonyl (C=O) groups excluding carboxylic acids is 3. The number of hydrogen-bond donors (Lipinski definition) is 1. The van der Waals surface area contributed by atoms with E-state index in [9.17, 15) is 14.4 Å². The van der Waals surface area contributed by atoms with Gasteiger partial charge in [-0.1, -0.05) is 74.5 Å². The summed E-state index contributed by atoms with van der Waals surface area (Å²) in [6, 6.07) is 26.3. The highest BCUT2D eigenvalue weighted by molar-refractivity contribution is 8.01. The number of thioether (sulfide) groups is 1. The van der Waals surface area contributed by atoms with Crippen molar-refractivity contribution in [3.8, 4) is 5.75 Å². The molecule has 1 saturated carbocycles. The second kappa shape index (κ2) is 14.1. The molecule has 1 aliphatic heterocycles. The van der Waals surface area contributed by atoms with E-state index in [-0.39, 0.29) is 43.5 Å². The Morgan fingerprint density at radius 3 is 2.23 bits per heavy atom. The number of benzene rings is 3. The maximum atomic E-state index is 13.9. The van der Waals surface area contributed by atoms with Crippen LogP contribution in [0.1, 0.15) is 73.4 Å². The van der Waals surface area contributed by atoms with Crippen molar-refractivity contribution in [3.63, 3.8) is 0 Å². The van der Waals surface area contributed by atoms with Gasteiger partial charge in [0, 0.05) is 17.9 Å². The molecule has 1 heterocycles. The molecule has 43 heavy (non-hydrogen) atoms. The topological polar surface area (TPSA) is 84.9 Å². The van der Waals surface area contributed by atoms with E-state index in [1.54, 1.807) is 23.9 Å². The molecule has 1 aliphatic carbocycles. The fourth-order valence-corrected chi connectivity index (χ4v) is 7.43. The molecule has 2 aliphatic rings. The Balaban J connectivity index is 1.20. The molecule has 1 saturated heterocycles. The number of nitrogens with zero attached hydrogens (tertiary/aromatic N) is 1. The maximum absolute atomic E-state index is 13.9. The predicted molar refractivity (Wildman–Crippen MR) is 169 cm³/mol. The molecule has 8 heteroatoms. The van der Waals surface area contributed by atoms with Gasteiger partial charge in [-0.05, 0) is 67.0 Å². The van der Waals surface area contributed by atoms with Gasteiger partial charge in [0.2, 0.25) is 5.91 Å². The molecule has 1 N–H and O–H groups in total. The molecular weight excluding hydrogens is 560 g/mol. The minimum Gasteiger partial charge on any atom is -0.490 e. The fraction of sp³-hybridized carbons (Fsp3) is 0.400. The standard InChI is InChI=1S/C35H40N2O5S/c1-25(2)27-13-15-29(16-14-27)42-30-17-20-35(21-18-30)37(34(40)28-11-7-4-8-12-28)31(24-43-35)33(39)36-22-19-32(38)41-23-26-9-5-3-6-10-26/h3-16,25,30-31H,17-24H2,1-2H3,(H,36,39)/t30?,31-,35?/m0/s1. The fourth-order valence-electron chi connectivity index (χ4n) is 5.79. The van der Waals surface area contributed by atoms with Crippen molar-refractivity contribution in [1.29, 1.82) is 0 Å². The molecule has 5 rings (SSSR count). The summed E-state index contributed by atoms with van der Waals surface area (Å²) in [7, 11) is 0. The summed E-state index contributed by atoms with van der Waals surface area (Å²) in [5.74, 6) is 1.07. The molecule has 7 nitrogen and oxygen atoms in total. The summed E-state index contributed by atoms with van der Waals surface area (Å²) in [4.78, 5) is 41.0. The van der Waals surface area contributed by atoms with Crippen LogP contribution in [-0.4, -0.2) is 52.0 Å². The van der Waals surface area contributed by atoms with Gasteiger partial charge < -0.3 is 19.7 Å². The van der Waals surface area contributed by atoms with Gasteiger partial charge >= 0.3 is 5.97 Å². The first-order chi connectivity index (χ1) is 20.8. The van der Waals surface area contributed by atoms with Crippen molar-refractivity contribution in [2.24, 2.45) is 0 Å². The Hall–Kier alpha value is -3.78. The van der Waals surface area contributed by atoms with Crippen LogP contribution in [0.25, 0.3) is 0 Å². The van der Waals surface area contributed by atoms with Gasteiger partial charge in [-0.15, -0.1) is 11.8 Å². The van der Waals surface area contributed by atoms with Crippen molar-refractivity contribution in [1.82, 2.24) is 10.2 Å². The first-order valence-electron chi connectivity index (χ1n) is 15.1. The quantitative estimate of drug-likeness (QED) is 0.274. The molecule has 1 atom stereocenters. The van der Waals surface area contributed by atoms with E-state index in [1.807, 2.05) is 65.6 Å². The van der Waals surface area contributed by atoms with Crippen molar-refractivity contribution >= 4 is 29.5 Å². The van der Waals surface area contributed by atoms with Gasteiger partial charge in [-0.3, -0.25) is 14.4 Å². The Kier molecular flexibility index (Phi) is 10.1. The Bertz CT molecular complexity index is 1370. The van der Waals surface area contributed by atoms with E-state index < -0.39 is 10.9 Å². The van der Waals surface area contributed by atoms with Crippen molar-refractivity contribution < 1.29 is 23.9 Å². The first kappa shape index (κ1) is 30.7. The zero-order chi connectivity index (χ0) is 30.2. The van der Waals surface area contributed by atoms with Crippen LogP contribution in [0.3, 0.4) is 0 Å². The largest absolute Gasteiger partial charge is 0.490 e. The number of ether oxygens (including phenoxy) is 2. The van der Waals surface area contributed by atoms with Gasteiger partial charge in [-0.2, -0.15) is 0 Å². The van der Waals surface area contributed by atoms with E-state index in [1.165, 1.54) is 5.56 Å². The molecule has 3 aromatic carbocycles. The van der Waals surface area contributed by atoms with Crippen molar-refractivity contribution in [2.75, 3.05) is 12.3 Å². The summed E-state index contributed by atoms with van der Waals surface area (Å²) in [6.07, 6.45) is 3.17. The van der Waals surface area contributed by atoms with E-state index in [2.05, 4.69) is 31.3 Å². The summed E-state index contributed by atoms with van der Waals surface area (Å²) in [5.41, 5.74) is 2.75. The molecule has 0 aromatic heterocycles. The number of rotatable bonds is 10. The molecular formula is C35H40N2O5S. The Morgan fingerprint density at radius 2 is 1.58 bits per heavy atom. The van der Waals surface area contributed by atoms with Crippen LogP contribution in [0.2, 0.25) is 0 Å². The van der Waals surface area contributed by atoms with E-state index in [0.29, 0.717) is 17.2 Å². The number of esters is 1. The highest BCUT2D eigenvalue weighted by Gasteiger charge is 2.53. The summed E-state index contributed by atoms with van der Waals surface area (Å²) in [6.45, 7) is 4.70. The van der Waals surface area contributed by atoms with Crippen LogP contribution >= 0.6 is 11.8 Å². The molecule has 0 radical (unpaired) electrons. The zero-order valence-corrected chi connectivity index (χ0v) is 25.7. The highest BCUT2D eigenvalue weighted by Crippen LogP contribution is 2.50. The second-order valence-electron chi connectivity index (χ2n) is 11.5. The number of amides is 2. The highest BCUT2D eigenvalue weighted by atomic mass is 32.2. The summed E-state index contributed by atoms with van der Waals surface area (Å²) < 4.78 is 11.7. The van der Waals surface area contributed by atoms with Gasteiger partial charge in [0.05, 0.1) is 17.4 Å². The van der Waals surface area contributed by atoms with Crippen molar-refractivity contribution in [2.45, 2.75) is 75.5 Å². The molecule has 0 unspecified atom stereocenters. The summed E-state index contributed by atoms with van der Waals surface area (Å²) in [5, 5.41) is 2.89. The lowest BCUT2D eigenvalue weighted by atomic mass is 9.89. The monoisotopic (exact) mass is 600 g/mol. The average molecular weight is 601 g/mol. The van der Waals surface area contributed by atoms with Gasteiger partial charge in [0.25, 0.3) is 5.91 Å². The maximum Gasteiger partial charge on any atom is 0.307 e. The minimum absolute atomic E-state index is 0.0552. The molecule has 3 aromatic rings. The minimum atomic E-state index is -0.626. The third-order valence-electron chi connectivity index (χ3n) is 8.24. The normalized spacial score (nSPS) is 21.5. The average Bonchev–Trinajstić information content (AvgIpc) is 3.40. The number of hydrogen-bond acceptors (Lipinski definition) is 6. The van der Waals surface area contributed by atoms with Gasteiger partial charge in [0.1, 0.15) is 18.4 Å². The van der Waals surface area contributed by atoms with Crippen molar-refractivity contribution in [3.05, 3.63) is 102 Å². The lowest BCUT2D eigenvalue weighted by Crippen LogP contribution is -2.56. The molecule has 1 spiro atoms. The predicted octanol–water partition coefficient (Wildman–Crippen LogP) is 6.34. The second-order valence-corrected chi connectivity index (χ2v) is 12.9. The Labute approximate surface area is 258 Å². The van der Waals surface area contributed by atoms with Gasteiger partial charge in [0.15, 0.2) is 0 Å². The van der Waals surface area contributed by atoms with Crippen LogP contribution in [0.15, 0.2) is 84.9 Å². The smallest absolute Gasteiger partial charge is 0.307 e. The SMILES string of the molecule is CC(C)c1ccc(OC2CCC3(CC2)SC[C@@H](C(=O)NCCC(=O)OCc2ccccc2)N3C(=O)c2ccccc2)cc1. The van der Waals surface area contributed by atoms with E-state index in [0.717, 1.165) is 37.0 Å². The molecule has 226 valence electrons. The van der Waals surface area contributed by atoms with Gasteiger partial charge in [-0.25, -0.2) is 0 Å². The number of carbonyl (C=O) groups is 3. The Morgan fingerprint density at radius 1 is 0.930 bits per heavy atom. The van der Waals surface area contributed by atoms with Crippen LogP contribution in [0.4, 0.5) is 0 Å². The lowest BCUT2D eigenvalue weighted by Gasteiger charge is -2.44. The van der Waals surface area contributed by atoms with Crippen LogP contribution in [-0.2, 0) is 20.9 Å². The zero-order valence-electron chi connectivity index (χ0n) is 24.9. The van der Waals surface area contributed by atoms with Crippen LogP contribution in [0, 0.1) is 0 Å². The molecule has 2 amide bonds. The first-order valence-corrected chi connectivity index (χ1v) is 16.1. The van der Waals surface area contributed by atoms with E-state index in [4.69, 9.17) is 9.47 Å². The van der Waals surface area contributed by atoms with Crippen LogP contribution in [0.5, 0.6) is 5.75 Å². The lowest BCUT2D eigenvalue weighted by molar-refractivity contribution is -0.144.